The van der Waals surface area contributed by atoms with Crippen molar-refractivity contribution in [2.75, 3.05) is 37.7 Å². The summed E-state index contributed by atoms with van der Waals surface area (Å²) in [4.78, 5) is 2.45. The summed E-state index contributed by atoms with van der Waals surface area (Å²) >= 11 is 0. The molecule has 3 nitrogen and oxygen atoms in total. The number of ether oxygens (including phenoxy) is 1. The zero-order valence-corrected chi connectivity index (χ0v) is 11.1. The van der Waals surface area contributed by atoms with Crippen molar-refractivity contribution in [1.82, 2.24) is 5.32 Å². The number of nitrogens with zero attached hydrogens (tertiary/aromatic N) is 1. The maximum atomic E-state index is 5.82. The van der Waals surface area contributed by atoms with Crippen molar-refractivity contribution in [3.8, 4) is 5.75 Å². The van der Waals surface area contributed by atoms with Crippen molar-refractivity contribution in [2.45, 2.75) is 19.8 Å². The number of piperazine rings is 1. The summed E-state index contributed by atoms with van der Waals surface area (Å²) in [5.41, 5.74) is 2.68. The van der Waals surface area contributed by atoms with Gasteiger partial charge in [0.25, 0.3) is 0 Å². The molecule has 1 aromatic carbocycles. The van der Waals surface area contributed by atoms with Gasteiger partial charge in [-0.15, -0.1) is 0 Å². The smallest absolute Gasteiger partial charge is 0.119 e. The van der Waals surface area contributed by atoms with Crippen LogP contribution in [0.3, 0.4) is 0 Å². The van der Waals surface area contributed by atoms with Crippen LogP contribution in [0.1, 0.15) is 18.4 Å². The fourth-order valence-corrected chi connectivity index (χ4v) is 2.48. The lowest BCUT2D eigenvalue weighted by atomic mass is 10.1. The first-order chi connectivity index (χ1) is 8.83. The second-order valence-corrected chi connectivity index (χ2v) is 5.44. The molecule has 0 unspecified atom stereocenters. The molecule has 0 spiro atoms. The highest BCUT2D eigenvalue weighted by molar-refractivity contribution is 5.56. The lowest BCUT2D eigenvalue weighted by molar-refractivity contribution is 0.299. The standard InChI is InChI=1S/C15H22N2O/c1-12-10-14(18-11-13-2-3-13)4-5-15(12)17-8-6-16-7-9-17/h4-5,10,13,16H,2-3,6-9,11H2,1H3. The molecule has 18 heavy (non-hydrogen) atoms. The predicted octanol–water partition coefficient (Wildman–Crippen LogP) is 2.19. The van der Waals surface area contributed by atoms with Crippen LogP contribution >= 0.6 is 0 Å². The van der Waals surface area contributed by atoms with Gasteiger partial charge in [-0.25, -0.2) is 0 Å². The Morgan fingerprint density at radius 1 is 1.28 bits per heavy atom. The van der Waals surface area contributed by atoms with E-state index in [1.165, 1.54) is 24.1 Å². The van der Waals surface area contributed by atoms with Gasteiger partial charge in [-0.1, -0.05) is 0 Å². The van der Waals surface area contributed by atoms with E-state index in [4.69, 9.17) is 4.74 Å². The molecule has 0 bridgehead atoms. The highest BCUT2D eigenvalue weighted by atomic mass is 16.5. The fourth-order valence-electron chi connectivity index (χ4n) is 2.48. The molecule has 3 rings (SSSR count). The molecule has 1 aromatic rings. The lowest BCUT2D eigenvalue weighted by Crippen LogP contribution is -2.43. The second-order valence-electron chi connectivity index (χ2n) is 5.44. The minimum atomic E-state index is 0.818. The first-order valence-corrected chi connectivity index (χ1v) is 7.02. The van der Waals surface area contributed by atoms with E-state index in [-0.39, 0.29) is 0 Å². The molecule has 0 amide bonds. The van der Waals surface area contributed by atoms with Crippen LogP contribution in [0.25, 0.3) is 0 Å². The molecule has 1 aliphatic carbocycles. The first kappa shape index (κ1) is 11.8. The normalized spacial score (nSPS) is 19.9. The molecule has 1 heterocycles. The number of anilines is 1. The van der Waals surface area contributed by atoms with Gasteiger partial charge in [-0.2, -0.15) is 0 Å². The van der Waals surface area contributed by atoms with Crippen molar-refractivity contribution in [3.05, 3.63) is 23.8 Å². The Morgan fingerprint density at radius 2 is 2.06 bits per heavy atom. The molecule has 0 radical (unpaired) electrons. The summed E-state index contributed by atoms with van der Waals surface area (Å²) in [5.74, 6) is 1.84. The third-order valence-electron chi connectivity index (χ3n) is 3.81. The Balaban J connectivity index is 1.66. The van der Waals surface area contributed by atoms with Crippen LogP contribution in [0.15, 0.2) is 18.2 Å². The highest BCUT2D eigenvalue weighted by Gasteiger charge is 2.22. The van der Waals surface area contributed by atoms with Gasteiger partial charge in [-0.05, 0) is 49.4 Å². The van der Waals surface area contributed by atoms with Crippen molar-refractivity contribution in [3.63, 3.8) is 0 Å². The summed E-state index contributed by atoms with van der Waals surface area (Å²) in [6.45, 7) is 7.44. The number of hydrogen-bond donors (Lipinski definition) is 1. The van der Waals surface area contributed by atoms with Crippen molar-refractivity contribution >= 4 is 5.69 Å². The molecule has 2 aliphatic rings. The zero-order chi connectivity index (χ0) is 12.4. The Labute approximate surface area is 109 Å². The molecule has 98 valence electrons. The molecular weight excluding hydrogens is 224 g/mol. The van der Waals surface area contributed by atoms with Crippen molar-refractivity contribution in [2.24, 2.45) is 5.92 Å². The summed E-state index contributed by atoms with van der Waals surface area (Å²) in [5, 5.41) is 3.39. The Morgan fingerprint density at radius 3 is 2.72 bits per heavy atom. The third kappa shape index (κ3) is 2.78. The van der Waals surface area contributed by atoms with Crippen LogP contribution in [0.5, 0.6) is 5.75 Å². The minimum absolute atomic E-state index is 0.818. The molecule has 1 N–H and O–H groups in total. The van der Waals surface area contributed by atoms with Crippen LogP contribution in [-0.4, -0.2) is 32.8 Å². The second kappa shape index (κ2) is 5.19. The fraction of sp³-hybridized carbons (Fsp3) is 0.600. The van der Waals surface area contributed by atoms with Crippen LogP contribution in [0, 0.1) is 12.8 Å². The monoisotopic (exact) mass is 246 g/mol. The highest BCUT2D eigenvalue weighted by Crippen LogP contribution is 2.31. The Bertz CT molecular complexity index is 409. The average molecular weight is 246 g/mol. The van der Waals surface area contributed by atoms with E-state index in [1.807, 2.05) is 0 Å². The van der Waals surface area contributed by atoms with E-state index in [2.05, 4.69) is 35.3 Å². The van der Waals surface area contributed by atoms with Crippen LogP contribution in [-0.2, 0) is 0 Å². The van der Waals surface area contributed by atoms with E-state index in [0.717, 1.165) is 44.5 Å². The number of nitrogens with one attached hydrogen (secondary N) is 1. The maximum absolute atomic E-state index is 5.82. The SMILES string of the molecule is Cc1cc(OCC2CC2)ccc1N1CCNCC1. The van der Waals surface area contributed by atoms with Crippen LogP contribution < -0.4 is 15.0 Å². The number of benzene rings is 1. The molecule has 0 aromatic heterocycles. The van der Waals surface area contributed by atoms with Gasteiger partial charge >= 0.3 is 0 Å². The topological polar surface area (TPSA) is 24.5 Å². The molecule has 3 heteroatoms. The maximum Gasteiger partial charge on any atom is 0.119 e. The molecule has 1 aliphatic heterocycles. The average Bonchev–Trinajstić information content (AvgIpc) is 3.21. The van der Waals surface area contributed by atoms with E-state index < -0.39 is 0 Å². The van der Waals surface area contributed by atoms with E-state index >= 15 is 0 Å². The van der Waals surface area contributed by atoms with Crippen LogP contribution in [0.2, 0.25) is 0 Å². The summed E-state index contributed by atoms with van der Waals surface area (Å²) < 4.78 is 5.82. The number of hydrogen-bond acceptors (Lipinski definition) is 3. The summed E-state index contributed by atoms with van der Waals surface area (Å²) in [7, 11) is 0. The third-order valence-corrected chi connectivity index (χ3v) is 3.81. The number of aryl methyl sites for hydroxylation is 1. The van der Waals surface area contributed by atoms with Gasteiger partial charge in [0.2, 0.25) is 0 Å². The van der Waals surface area contributed by atoms with Gasteiger partial charge < -0.3 is 15.0 Å². The first-order valence-electron chi connectivity index (χ1n) is 7.02. The van der Waals surface area contributed by atoms with Crippen LogP contribution in [0.4, 0.5) is 5.69 Å². The quantitative estimate of drug-likeness (QED) is 0.881. The van der Waals surface area contributed by atoms with Gasteiger partial charge in [0.05, 0.1) is 6.61 Å². The molecule has 1 saturated heterocycles. The number of rotatable bonds is 4. The zero-order valence-electron chi connectivity index (χ0n) is 11.1. The molecular formula is C15H22N2O. The molecule has 1 saturated carbocycles. The Hall–Kier alpha value is -1.22. The van der Waals surface area contributed by atoms with E-state index in [1.54, 1.807) is 0 Å². The molecule has 0 atom stereocenters. The van der Waals surface area contributed by atoms with Gasteiger partial charge in [0.15, 0.2) is 0 Å². The van der Waals surface area contributed by atoms with Crippen molar-refractivity contribution in [1.29, 1.82) is 0 Å². The largest absolute Gasteiger partial charge is 0.493 e. The lowest BCUT2D eigenvalue weighted by Gasteiger charge is -2.30. The van der Waals surface area contributed by atoms with Crippen molar-refractivity contribution < 1.29 is 4.74 Å². The van der Waals surface area contributed by atoms with Gasteiger partial charge in [0, 0.05) is 31.9 Å². The summed E-state index contributed by atoms with van der Waals surface area (Å²) in [6, 6.07) is 6.51. The van der Waals surface area contributed by atoms with Gasteiger partial charge in [0.1, 0.15) is 5.75 Å². The Kier molecular flexibility index (Phi) is 3.41. The van der Waals surface area contributed by atoms with Gasteiger partial charge in [-0.3, -0.25) is 0 Å². The summed E-state index contributed by atoms with van der Waals surface area (Å²) in [6.07, 6.45) is 2.69. The van der Waals surface area contributed by atoms with E-state index in [0.29, 0.717) is 0 Å². The minimum Gasteiger partial charge on any atom is -0.493 e. The van der Waals surface area contributed by atoms with E-state index in [9.17, 15) is 0 Å². The predicted molar refractivity (Wildman–Crippen MR) is 74.5 cm³/mol. The molecule has 2 fully saturated rings.